The van der Waals surface area contributed by atoms with Gasteiger partial charge in [-0.15, -0.1) is 11.8 Å². The average molecular weight is 342 g/mol. The molecule has 2 unspecified atom stereocenters. The van der Waals surface area contributed by atoms with Gasteiger partial charge in [-0.25, -0.2) is 4.39 Å². The third kappa shape index (κ3) is 3.06. The summed E-state index contributed by atoms with van der Waals surface area (Å²) >= 11 is 1.72. The number of thioether (sulfide) groups is 1. The molecule has 0 saturated heterocycles. The van der Waals surface area contributed by atoms with Gasteiger partial charge >= 0.3 is 0 Å². The molecule has 2 atom stereocenters. The summed E-state index contributed by atoms with van der Waals surface area (Å²) in [5.74, 6) is 0.682. The molecule has 0 radical (unpaired) electrons. The fourth-order valence-corrected chi connectivity index (χ4v) is 4.53. The summed E-state index contributed by atoms with van der Waals surface area (Å²) in [5.41, 5.74) is 3.38. The number of amides is 1. The minimum Gasteiger partial charge on any atom is -0.348 e. The lowest BCUT2D eigenvalue weighted by atomic mass is 9.95. The van der Waals surface area contributed by atoms with E-state index >= 15 is 0 Å². The molecule has 0 aliphatic carbocycles. The molecule has 0 bridgehead atoms. The van der Waals surface area contributed by atoms with Gasteiger partial charge in [-0.05, 0) is 47.7 Å². The highest BCUT2D eigenvalue weighted by molar-refractivity contribution is 7.99. The normalized spacial score (nSPS) is 22.4. The second-order valence-electron chi connectivity index (χ2n) is 6.29. The first-order chi connectivity index (χ1) is 11.7. The lowest BCUT2D eigenvalue weighted by Gasteiger charge is -2.30. The molecule has 0 aromatic heterocycles. The second-order valence-corrected chi connectivity index (χ2v) is 7.42. The lowest BCUT2D eigenvalue weighted by Crippen LogP contribution is -2.48. The van der Waals surface area contributed by atoms with Crippen LogP contribution in [0.5, 0.6) is 0 Å². The van der Waals surface area contributed by atoms with Crippen molar-refractivity contribution in [1.29, 1.82) is 0 Å². The summed E-state index contributed by atoms with van der Waals surface area (Å²) in [5, 5.41) is 6.43. The molecular formula is C19H19FN2OS. The van der Waals surface area contributed by atoms with Crippen LogP contribution < -0.4 is 10.6 Å². The third-order valence-electron chi connectivity index (χ3n) is 4.73. The zero-order valence-electron chi connectivity index (χ0n) is 13.2. The van der Waals surface area contributed by atoms with Gasteiger partial charge in [0.05, 0.1) is 12.1 Å². The van der Waals surface area contributed by atoms with E-state index in [9.17, 15) is 9.18 Å². The number of halogens is 1. The predicted octanol–water partition coefficient (Wildman–Crippen LogP) is 3.19. The quantitative estimate of drug-likeness (QED) is 0.881. The smallest absolute Gasteiger partial charge is 0.237 e. The molecule has 0 saturated carbocycles. The Morgan fingerprint density at radius 3 is 2.92 bits per heavy atom. The fourth-order valence-electron chi connectivity index (χ4n) is 3.43. The number of hydrogen-bond donors (Lipinski definition) is 2. The molecule has 124 valence electrons. The molecule has 0 fully saturated rings. The van der Waals surface area contributed by atoms with E-state index in [1.54, 1.807) is 17.8 Å². The van der Waals surface area contributed by atoms with Gasteiger partial charge in [0.2, 0.25) is 5.91 Å². The largest absolute Gasteiger partial charge is 0.348 e. The van der Waals surface area contributed by atoms with Crippen LogP contribution in [-0.2, 0) is 17.8 Å². The first-order valence-electron chi connectivity index (χ1n) is 8.23. The number of rotatable bonds is 2. The molecule has 2 heterocycles. The van der Waals surface area contributed by atoms with Gasteiger partial charge < -0.3 is 10.6 Å². The van der Waals surface area contributed by atoms with Crippen molar-refractivity contribution in [3.8, 4) is 0 Å². The van der Waals surface area contributed by atoms with Gasteiger partial charge in [-0.1, -0.05) is 24.3 Å². The van der Waals surface area contributed by atoms with Crippen LogP contribution in [0, 0.1) is 5.82 Å². The van der Waals surface area contributed by atoms with Gasteiger partial charge in [0.1, 0.15) is 5.82 Å². The third-order valence-corrected chi connectivity index (χ3v) is 5.85. The molecule has 5 heteroatoms. The first-order valence-corrected chi connectivity index (χ1v) is 9.22. The van der Waals surface area contributed by atoms with Gasteiger partial charge in [0.15, 0.2) is 0 Å². The Balaban J connectivity index is 1.49. The van der Waals surface area contributed by atoms with Crippen molar-refractivity contribution in [1.82, 2.24) is 10.6 Å². The number of hydrogen-bond acceptors (Lipinski definition) is 3. The van der Waals surface area contributed by atoms with Crippen molar-refractivity contribution in [2.45, 2.75) is 36.4 Å². The van der Waals surface area contributed by atoms with Gasteiger partial charge in [0, 0.05) is 17.2 Å². The summed E-state index contributed by atoms with van der Waals surface area (Å²) in [6.07, 6.45) is 1.52. The Hall–Kier alpha value is -1.85. The molecule has 3 nitrogen and oxygen atoms in total. The maximum Gasteiger partial charge on any atom is 0.237 e. The summed E-state index contributed by atoms with van der Waals surface area (Å²) in [6, 6.07) is 12.7. The molecule has 2 aromatic carbocycles. The van der Waals surface area contributed by atoms with Gasteiger partial charge in [-0.2, -0.15) is 0 Å². The summed E-state index contributed by atoms with van der Waals surface area (Å²) in [6.45, 7) is 0.708. The summed E-state index contributed by atoms with van der Waals surface area (Å²) in [7, 11) is 0. The van der Waals surface area contributed by atoms with Crippen LogP contribution in [-0.4, -0.2) is 17.7 Å². The summed E-state index contributed by atoms with van der Waals surface area (Å²) in [4.78, 5) is 13.8. The highest BCUT2D eigenvalue weighted by atomic mass is 32.2. The van der Waals surface area contributed by atoms with E-state index in [4.69, 9.17) is 0 Å². The maximum absolute atomic E-state index is 13.6. The SMILES string of the molecule is O=C(NC1CCSc2ccc(F)cc21)C1Cc2ccccc2CN1. The molecular weight excluding hydrogens is 323 g/mol. The Labute approximate surface area is 145 Å². The van der Waals surface area contributed by atoms with Crippen molar-refractivity contribution in [3.63, 3.8) is 0 Å². The van der Waals surface area contributed by atoms with Crippen molar-refractivity contribution in [2.75, 3.05) is 5.75 Å². The van der Waals surface area contributed by atoms with E-state index in [1.807, 2.05) is 18.2 Å². The fraction of sp³-hybridized carbons (Fsp3) is 0.316. The molecule has 1 amide bonds. The highest BCUT2D eigenvalue weighted by Crippen LogP contribution is 2.36. The lowest BCUT2D eigenvalue weighted by molar-refractivity contribution is -0.124. The predicted molar refractivity (Wildman–Crippen MR) is 93.4 cm³/mol. The zero-order chi connectivity index (χ0) is 16.5. The monoisotopic (exact) mass is 342 g/mol. The van der Waals surface area contributed by atoms with Gasteiger partial charge in [-0.3, -0.25) is 4.79 Å². The van der Waals surface area contributed by atoms with E-state index in [0.717, 1.165) is 22.6 Å². The Morgan fingerprint density at radius 1 is 1.21 bits per heavy atom. The molecule has 2 N–H and O–H groups in total. The van der Waals surface area contributed by atoms with Crippen LogP contribution >= 0.6 is 11.8 Å². The van der Waals surface area contributed by atoms with Crippen molar-refractivity contribution in [3.05, 3.63) is 65.0 Å². The van der Waals surface area contributed by atoms with E-state index in [2.05, 4.69) is 22.8 Å². The van der Waals surface area contributed by atoms with Crippen molar-refractivity contribution in [2.24, 2.45) is 0 Å². The average Bonchev–Trinajstić information content (AvgIpc) is 2.62. The molecule has 0 spiro atoms. The number of fused-ring (bicyclic) bond motifs is 2. The standard InChI is InChI=1S/C19H19FN2OS/c20-14-5-6-18-15(10-14)16(7-8-24-18)22-19(23)17-9-12-3-1-2-4-13(12)11-21-17/h1-6,10,16-17,21H,7-9,11H2,(H,22,23). The van der Waals surface area contributed by atoms with Crippen LogP contribution in [0.2, 0.25) is 0 Å². The zero-order valence-corrected chi connectivity index (χ0v) is 14.0. The second kappa shape index (κ2) is 6.57. The van der Waals surface area contributed by atoms with E-state index < -0.39 is 0 Å². The van der Waals surface area contributed by atoms with Crippen molar-refractivity contribution >= 4 is 17.7 Å². The number of nitrogens with one attached hydrogen (secondary N) is 2. The minimum absolute atomic E-state index is 0.00313. The van der Waals surface area contributed by atoms with Gasteiger partial charge in [0.25, 0.3) is 0 Å². The Bertz CT molecular complexity index is 780. The summed E-state index contributed by atoms with van der Waals surface area (Å²) < 4.78 is 13.6. The molecule has 4 rings (SSSR count). The minimum atomic E-state index is -0.250. The Kier molecular flexibility index (Phi) is 4.29. The molecule has 24 heavy (non-hydrogen) atoms. The van der Waals surface area contributed by atoms with E-state index in [1.165, 1.54) is 17.2 Å². The molecule has 2 aromatic rings. The van der Waals surface area contributed by atoms with E-state index in [0.29, 0.717) is 13.0 Å². The number of benzene rings is 2. The van der Waals surface area contributed by atoms with Crippen LogP contribution in [0.4, 0.5) is 4.39 Å². The van der Waals surface area contributed by atoms with Crippen LogP contribution in [0.15, 0.2) is 47.4 Å². The Morgan fingerprint density at radius 2 is 2.04 bits per heavy atom. The van der Waals surface area contributed by atoms with E-state index in [-0.39, 0.29) is 23.8 Å². The maximum atomic E-state index is 13.6. The molecule has 2 aliphatic heterocycles. The van der Waals surface area contributed by atoms with Crippen molar-refractivity contribution < 1.29 is 9.18 Å². The number of carbonyl (C=O) groups is 1. The van der Waals surface area contributed by atoms with Crippen LogP contribution in [0.25, 0.3) is 0 Å². The first kappa shape index (κ1) is 15.7. The van der Waals surface area contributed by atoms with Crippen LogP contribution in [0.3, 0.4) is 0 Å². The number of carbonyl (C=O) groups excluding carboxylic acids is 1. The topological polar surface area (TPSA) is 41.1 Å². The highest BCUT2D eigenvalue weighted by Gasteiger charge is 2.28. The molecule has 2 aliphatic rings. The van der Waals surface area contributed by atoms with Crippen LogP contribution in [0.1, 0.15) is 29.2 Å².